The Bertz CT molecular complexity index is 780. The molecule has 3 aromatic heterocycles. The molecule has 0 saturated heterocycles. The van der Waals surface area contributed by atoms with E-state index in [4.69, 9.17) is 0 Å². The number of aromatic nitrogens is 5. The molecule has 6 nitrogen and oxygen atoms in total. The van der Waals surface area contributed by atoms with Crippen LogP contribution in [0.4, 0.5) is 11.6 Å². The molecule has 1 aliphatic carbocycles. The van der Waals surface area contributed by atoms with E-state index in [2.05, 4.69) is 38.6 Å². The third-order valence-electron chi connectivity index (χ3n) is 3.97. The Morgan fingerprint density at radius 1 is 1.40 bits per heavy atom. The number of fused-ring (bicyclic) bond motifs is 1. The first-order valence-corrected chi connectivity index (χ1v) is 6.79. The van der Waals surface area contributed by atoms with Crippen LogP contribution in [0, 0.1) is 6.92 Å². The molecule has 0 spiro atoms. The van der Waals surface area contributed by atoms with Gasteiger partial charge in [0.05, 0.1) is 0 Å². The largest absolute Gasteiger partial charge is 0.322 e. The lowest BCUT2D eigenvalue weighted by atomic mass is 10.1. The van der Waals surface area contributed by atoms with Crippen LogP contribution in [0.15, 0.2) is 24.4 Å². The molecule has 0 unspecified atom stereocenters. The first-order chi connectivity index (χ1) is 9.64. The van der Waals surface area contributed by atoms with E-state index < -0.39 is 0 Å². The van der Waals surface area contributed by atoms with Gasteiger partial charge in [-0.05, 0) is 31.9 Å². The van der Waals surface area contributed by atoms with Gasteiger partial charge < -0.3 is 5.32 Å². The zero-order valence-electron chi connectivity index (χ0n) is 11.5. The van der Waals surface area contributed by atoms with Crippen molar-refractivity contribution < 1.29 is 0 Å². The molecule has 0 amide bonds. The maximum Gasteiger partial charge on any atom is 0.159 e. The molecule has 0 bridgehead atoms. The van der Waals surface area contributed by atoms with Crippen molar-refractivity contribution in [2.75, 3.05) is 5.32 Å². The fourth-order valence-electron chi connectivity index (χ4n) is 2.41. The van der Waals surface area contributed by atoms with Crippen LogP contribution >= 0.6 is 0 Å². The molecule has 1 aliphatic rings. The Morgan fingerprint density at radius 2 is 2.25 bits per heavy atom. The average molecular weight is 268 g/mol. The molecule has 0 aromatic carbocycles. The number of hydrogen-bond acceptors (Lipinski definition) is 4. The quantitative estimate of drug-likeness (QED) is 0.766. The van der Waals surface area contributed by atoms with E-state index in [1.807, 2.05) is 29.8 Å². The van der Waals surface area contributed by atoms with Crippen LogP contribution in [0.2, 0.25) is 0 Å². The van der Waals surface area contributed by atoms with Gasteiger partial charge in [-0.25, -0.2) is 9.50 Å². The van der Waals surface area contributed by atoms with Crippen LogP contribution in [0.1, 0.15) is 31.3 Å². The predicted octanol–water partition coefficient (Wildman–Crippen LogP) is 2.56. The minimum Gasteiger partial charge on any atom is -0.322 e. The molecule has 1 saturated carbocycles. The Hall–Kier alpha value is -2.37. The van der Waals surface area contributed by atoms with Crippen molar-refractivity contribution in [3.63, 3.8) is 0 Å². The Kier molecular flexibility index (Phi) is 2.19. The van der Waals surface area contributed by atoms with Crippen molar-refractivity contribution in [1.29, 1.82) is 0 Å². The Morgan fingerprint density at radius 3 is 3.05 bits per heavy atom. The van der Waals surface area contributed by atoms with Gasteiger partial charge in [0.2, 0.25) is 0 Å². The second kappa shape index (κ2) is 3.82. The summed E-state index contributed by atoms with van der Waals surface area (Å²) in [6.07, 6.45) is 4.37. The van der Waals surface area contributed by atoms with Crippen molar-refractivity contribution >= 4 is 17.2 Å². The molecule has 20 heavy (non-hydrogen) atoms. The average Bonchev–Trinajstić information content (AvgIpc) is 2.85. The normalized spacial score (nSPS) is 16.5. The molecule has 0 aliphatic heterocycles. The van der Waals surface area contributed by atoms with Gasteiger partial charge in [0.15, 0.2) is 11.6 Å². The van der Waals surface area contributed by atoms with E-state index in [0.717, 1.165) is 23.0 Å². The minimum absolute atomic E-state index is 0.291. The van der Waals surface area contributed by atoms with Gasteiger partial charge in [0.1, 0.15) is 11.3 Å². The number of nitrogens with zero attached hydrogens (tertiary/aromatic N) is 4. The zero-order chi connectivity index (χ0) is 13.7. The number of aromatic amines is 1. The standard InChI is InChI=1S/C14H16N6/c1-9-15-13(10-4-3-7-20(10)19-9)16-12-8-11(17-18-12)14(2)5-6-14/h3-4,7-8H,5-6H2,1-2H3,(H2,15,16,17,18,19). The Balaban J connectivity index is 1.70. The summed E-state index contributed by atoms with van der Waals surface area (Å²) in [4.78, 5) is 4.46. The lowest BCUT2D eigenvalue weighted by Crippen LogP contribution is -2.03. The fourth-order valence-corrected chi connectivity index (χ4v) is 2.41. The lowest BCUT2D eigenvalue weighted by molar-refractivity contribution is 0.742. The summed E-state index contributed by atoms with van der Waals surface area (Å²) in [5.41, 5.74) is 2.42. The van der Waals surface area contributed by atoms with E-state index in [0.29, 0.717) is 5.41 Å². The van der Waals surface area contributed by atoms with Gasteiger partial charge in [0, 0.05) is 23.4 Å². The third-order valence-corrected chi connectivity index (χ3v) is 3.97. The highest BCUT2D eigenvalue weighted by molar-refractivity contribution is 5.72. The van der Waals surface area contributed by atoms with Crippen molar-refractivity contribution in [3.8, 4) is 0 Å². The van der Waals surface area contributed by atoms with Crippen LogP contribution in [0.25, 0.3) is 5.52 Å². The summed E-state index contributed by atoms with van der Waals surface area (Å²) in [7, 11) is 0. The lowest BCUT2D eigenvalue weighted by Gasteiger charge is -2.05. The van der Waals surface area contributed by atoms with Gasteiger partial charge >= 0.3 is 0 Å². The van der Waals surface area contributed by atoms with Crippen molar-refractivity contribution in [2.45, 2.75) is 32.1 Å². The SMILES string of the molecule is Cc1nc(Nc2cc(C3(C)CC3)[nH]n2)c2cccn2n1. The number of anilines is 2. The zero-order valence-corrected chi connectivity index (χ0v) is 11.5. The van der Waals surface area contributed by atoms with Gasteiger partial charge in [-0.3, -0.25) is 5.10 Å². The molecule has 2 N–H and O–H groups in total. The Labute approximate surface area is 116 Å². The number of nitrogens with one attached hydrogen (secondary N) is 2. The summed E-state index contributed by atoms with van der Waals surface area (Å²) in [5.74, 6) is 2.30. The highest BCUT2D eigenvalue weighted by atomic mass is 15.3. The fraction of sp³-hybridized carbons (Fsp3) is 0.357. The molecular weight excluding hydrogens is 252 g/mol. The second-order valence-electron chi connectivity index (χ2n) is 5.70. The molecule has 6 heteroatoms. The summed E-state index contributed by atoms with van der Waals surface area (Å²) < 4.78 is 1.82. The topological polar surface area (TPSA) is 70.9 Å². The minimum atomic E-state index is 0.291. The monoisotopic (exact) mass is 268 g/mol. The molecule has 3 aromatic rings. The van der Waals surface area contributed by atoms with Crippen molar-refractivity contribution in [2.24, 2.45) is 0 Å². The van der Waals surface area contributed by atoms with Crippen LogP contribution in [0.3, 0.4) is 0 Å². The van der Waals surface area contributed by atoms with Crippen LogP contribution in [-0.2, 0) is 5.41 Å². The van der Waals surface area contributed by atoms with Crippen molar-refractivity contribution in [3.05, 3.63) is 35.9 Å². The van der Waals surface area contributed by atoms with Crippen LogP contribution in [0.5, 0.6) is 0 Å². The summed E-state index contributed by atoms with van der Waals surface area (Å²) in [6, 6.07) is 6.01. The van der Waals surface area contributed by atoms with Crippen LogP contribution < -0.4 is 5.32 Å². The first-order valence-electron chi connectivity index (χ1n) is 6.79. The predicted molar refractivity (Wildman–Crippen MR) is 76.2 cm³/mol. The van der Waals surface area contributed by atoms with Crippen molar-refractivity contribution in [1.82, 2.24) is 24.8 Å². The van der Waals surface area contributed by atoms with Gasteiger partial charge in [-0.2, -0.15) is 10.2 Å². The van der Waals surface area contributed by atoms with Gasteiger partial charge in [0.25, 0.3) is 0 Å². The maximum atomic E-state index is 4.46. The summed E-state index contributed by atoms with van der Waals surface area (Å²) >= 11 is 0. The van der Waals surface area contributed by atoms with E-state index in [1.165, 1.54) is 18.5 Å². The number of hydrogen-bond donors (Lipinski definition) is 2. The highest BCUT2D eigenvalue weighted by Gasteiger charge is 2.40. The molecule has 4 rings (SSSR count). The van der Waals surface area contributed by atoms with E-state index in [-0.39, 0.29) is 0 Å². The molecular formula is C14H16N6. The highest BCUT2D eigenvalue weighted by Crippen LogP contribution is 2.47. The first kappa shape index (κ1) is 11.5. The van der Waals surface area contributed by atoms with Gasteiger partial charge in [-0.1, -0.05) is 6.92 Å². The van der Waals surface area contributed by atoms with Gasteiger partial charge in [-0.15, -0.1) is 0 Å². The molecule has 0 atom stereocenters. The number of rotatable bonds is 3. The van der Waals surface area contributed by atoms with Crippen LogP contribution in [-0.4, -0.2) is 24.8 Å². The molecule has 3 heterocycles. The smallest absolute Gasteiger partial charge is 0.159 e. The van der Waals surface area contributed by atoms with E-state index in [9.17, 15) is 0 Å². The molecule has 1 fully saturated rings. The summed E-state index contributed by atoms with van der Waals surface area (Å²) in [6.45, 7) is 4.14. The number of aryl methyl sites for hydroxylation is 1. The molecule has 0 radical (unpaired) electrons. The number of H-pyrrole nitrogens is 1. The van der Waals surface area contributed by atoms with E-state index in [1.54, 1.807) is 0 Å². The third kappa shape index (κ3) is 1.76. The molecule has 102 valence electrons. The second-order valence-corrected chi connectivity index (χ2v) is 5.70. The van der Waals surface area contributed by atoms with E-state index >= 15 is 0 Å². The summed E-state index contributed by atoms with van der Waals surface area (Å²) in [5, 5.41) is 15.1. The maximum absolute atomic E-state index is 4.46.